The number of benzene rings is 1. The van der Waals surface area contributed by atoms with Crippen LogP contribution in [0, 0.1) is 6.92 Å². The number of β-amino-alcohol motifs (C(OH)–C–C–N with tert-alkyl or cyclic N) is 1. The first-order chi connectivity index (χ1) is 12.1. The van der Waals surface area contributed by atoms with Gasteiger partial charge in [-0.25, -0.2) is 0 Å². The molecule has 3 atom stereocenters. The zero-order valence-corrected chi connectivity index (χ0v) is 14.1. The number of rotatable bonds is 5. The van der Waals surface area contributed by atoms with Crippen LogP contribution in [0.15, 0.2) is 42.7 Å². The van der Waals surface area contributed by atoms with Crippen LogP contribution >= 0.6 is 0 Å². The number of hydrogen-bond acceptors (Lipinski definition) is 5. The lowest BCUT2D eigenvalue weighted by Crippen LogP contribution is -2.42. The molecule has 2 aromatic rings. The summed E-state index contributed by atoms with van der Waals surface area (Å²) in [6, 6.07) is 8.85. The van der Waals surface area contributed by atoms with Crippen molar-refractivity contribution in [3.05, 3.63) is 53.9 Å². The molecule has 0 unspecified atom stereocenters. The number of carbonyl (C=O) groups is 1. The maximum Gasteiger partial charge on any atom is 0.237 e. The summed E-state index contributed by atoms with van der Waals surface area (Å²) in [4.78, 5) is 16.4. The monoisotopic (exact) mass is 341 g/mol. The van der Waals surface area contributed by atoms with Crippen LogP contribution in [0.4, 0.5) is 0 Å². The predicted octanol–water partition coefficient (Wildman–Crippen LogP) is 0.929. The molecule has 6 heteroatoms. The largest absolute Gasteiger partial charge is 0.394 e. The Bertz CT molecular complexity index is 733. The second-order valence-corrected chi connectivity index (χ2v) is 6.41. The number of aliphatic hydroxyl groups excluding tert-OH is 2. The minimum absolute atomic E-state index is 0.186. The second-order valence-electron chi connectivity index (χ2n) is 6.41. The van der Waals surface area contributed by atoms with Crippen molar-refractivity contribution < 1.29 is 15.0 Å². The van der Waals surface area contributed by atoms with E-state index in [4.69, 9.17) is 0 Å². The molecule has 1 aromatic carbocycles. The molecule has 132 valence electrons. The fourth-order valence-corrected chi connectivity index (χ4v) is 3.12. The summed E-state index contributed by atoms with van der Waals surface area (Å²) in [5.74, 6) is -0.204. The van der Waals surface area contributed by atoms with Gasteiger partial charge in [0.2, 0.25) is 5.91 Å². The topological polar surface area (TPSA) is 94.5 Å². The van der Waals surface area contributed by atoms with Gasteiger partial charge in [-0.2, -0.15) is 0 Å². The molecule has 0 bridgehead atoms. The fraction of sp³-hybridized carbons (Fsp3) is 0.368. The molecule has 2 heterocycles. The van der Waals surface area contributed by atoms with E-state index in [1.807, 2.05) is 43.5 Å². The van der Waals surface area contributed by atoms with Gasteiger partial charge < -0.3 is 20.8 Å². The van der Waals surface area contributed by atoms with Crippen molar-refractivity contribution >= 4 is 5.91 Å². The highest BCUT2D eigenvalue weighted by molar-refractivity contribution is 5.82. The second kappa shape index (κ2) is 7.74. The Morgan fingerprint density at radius 3 is 2.72 bits per heavy atom. The van der Waals surface area contributed by atoms with E-state index >= 15 is 0 Å². The van der Waals surface area contributed by atoms with Gasteiger partial charge in [-0.05, 0) is 41.7 Å². The average Bonchev–Trinajstić information content (AvgIpc) is 3.07. The molecule has 1 aromatic heterocycles. The van der Waals surface area contributed by atoms with Gasteiger partial charge in [-0.3, -0.25) is 9.78 Å². The van der Waals surface area contributed by atoms with Crippen molar-refractivity contribution in [2.45, 2.75) is 31.5 Å². The van der Waals surface area contributed by atoms with E-state index in [2.05, 4.69) is 15.6 Å². The van der Waals surface area contributed by atoms with Gasteiger partial charge in [-0.1, -0.05) is 24.3 Å². The minimum atomic E-state index is -0.494. The summed E-state index contributed by atoms with van der Waals surface area (Å²) in [6.07, 6.45) is 3.48. The number of aryl methyl sites for hydroxylation is 1. The first-order valence-electron chi connectivity index (χ1n) is 8.42. The normalized spacial score (nSPS) is 21.1. The molecule has 4 N–H and O–H groups in total. The van der Waals surface area contributed by atoms with Crippen molar-refractivity contribution in [1.29, 1.82) is 0 Å². The molecule has 3 rings (SSSR count). The number of pyridine rings is 1. The van der Waals surface area contributed by atoms with Gasteiger partial charge in [0.25, 0.3) is 0 Å². The first-order valence-corrected chi connectivity index (χ1v) is 8.42. The predicted molar refractivity (Wildman–Crippen MR) is 94.8 cm³/mol. The quantitative estimate of drug-likeness (QED) is 0.649. The molecule has 1 saturated heterocycles. The summed E-state index contributed by atoms with van der Waals surface area (Å²) in [6.45, 7) is 2.24. The van der Waals surface area contributed by atoms with Crippen LogP contribution in [0.2, 0.25) is 0 Å². The highest BCUT2D eigenvalue weighted by atomic mass is 16.3. The SMILES string of the molecule is Cc1cnccc1-c1ccc([C@H](CO)NC(=O)[C@@H]2C[C@@H](O)CN2)cc1. The molecule has 0 saturated carbocycles. The van der Waals surface area contributed by atoms with Gasteiger partial charge in [0.05, 0.1) is 24.8 Å². The van der Waals surface area contributed by atoms with E-state index in [-0.39, 0.29) is 12.5 Å². The van der Waals surface area contributed by atoms with Crippen LogP contribution in [0.1, 0.15) is 23.6 Å². The van der Waals surface area contributed by atoms with Gasteiger partial charge in [0.15, 0.2) is 0 Å². The standard InChI is InChI=1S/C19H23N3O3/c1-12-9-20-7-6-16(12)13-2-4-14(5-3-13)18(11-23)22-19(25)17-8-15(24)10-21-17/h2-7,9,15,17-18,21,23-24H,8,10-11H2,1H3,(H,22,25)/t15-,17+,18+/m1/s1. The summed E-state index contributed by atoms with van der Waals surface area (Å²) >= 11 is 0. The smallest absolute Gasteiger partial charge is 0.237 e. The Balaban J connectivity index is 1.71. The van der Waals surface area contributed by atoms with E-state index in [9.17, 15) is 15.0 Å². The molecule has 0 aliphatic carbocycles. The number of carbonyl (C=O) groups excluding carboxylic acids is 1. The minimum Gasteiger partial charge on any atom is -0.394 e. The molecule has 1 fully saturated rings. The maximum absolute atomic E-state index is 12.3. The van der Waals surface area contributed by atoms with E-state index in [1.54, 1.807) is 6.20 Å². The molecule has 1 aliphatic rings. The van der Waals surface area contributed by atoms with Crippen molar-refractivity contribution in [3.63, 3.8) is 0 Å². The highest BCUT2D eigenvalue weighted by Crippen LogP contribution is 2.24. The molecule has 0 radical (unpaired) electrons. The zero-order chi connectivity index (χ0) is 17.8. The van der Waals surface area contributed by atoms with Gasteiger partial charge in [0, 0.05) is 18.9 Å². The zero-order valence-electron chi connectivity index (χ0n) is 14.1. The number of nitrogens with one attached hydrogen (secondary N) is 2. The lowest BCUT2D eigenvalue weighted by Gasteiger charge is -2.20. The molecular weight excluding hydrogens is 318 g/mol. The lowest BCUT2D eigenvalue weighted by atomic mass is 9.99. The number of nitrogens with zero attached hydrogens (tertiary/aromatic N) is 1. The van der Waals surface area contributed by atoms with Crippen LogP contribution in [0.3, 0.4) is 0 Å². The highest BCUT2D eigenvalue weighted by Gasteiger charge is 2.29. The van der Waals surface area contributed by atoms with Crippen molar-refractivity contribution in [3.8, 4) is 11.1 Å². The van der Waals surface area contributed by atoms with E-state index in [1.165, 1.54) is 0 Å². The third-order valence-corrected chi connectivity index (χ3v) is 4.57. The summed E-state index contributed by atoms with van der Waals surface area (Å²) < 4.78 is 0. The molecule has 25 heavy (non-hydrogen) atoms. The van der Waals surface area contributed by atoms with Crippen LogP contribution in [0.25, 0.3) is 11.1 Å². The van der Waals surface area contributed by atoms with E-state index < -0.39 is 18.2 Å². The van der Waals surface area contributed by atoms with Crippen LogP contribution in [-0.2, 0) is 4.79 Å². The van der Waals surface area contributed by atoms with Crippen LogP contribution in [0.5, 0.6) is 0 Å². The Morgan fingerprint density at radius 2 is 2.12 bits per heavy atom. The lowest BCUT2D eigenvalue weighted by molar-refractivity contribution is -0.124. The fourth-order valence-electron chi connectivity index (χ4n) is 3.12. The van der Waals surface area contributed by atoms with Crippen LogP contribution < -0.4 is 10.6 Å². The summed E-state index contributed by atoms with van der Waals surface area (Å²) in [5.41, 5.74) is 4.10. The van der Waals surface area contributed by atoms with Crippen molar-refractivity contribution in [1.82, 2.24) is 15.6 Å². The van der Waals surface area contributed by atoms with E-state index in [0.29, 0.717) is 13.0 Å². The Hall–Kier alpha value is -2.28. The van der Waals surface area contributed by atoms with E-state index in [0.717, 1.165) is 22.3 Å². The molecule has 1 aliphatic heterocycles. The first kappa shape index (κ1) is 17.5. The molecule has 0 spiro atoms. The number of amides is 1. The molecule has 1 amide bonds. The average molecular weight is 341 g/mol. The molecular formula is C19H23N3O3. The van der Waals surface area contributed by atoms with Crippen LogP contribution in [-0.4, -0.2) is 46.4 Å². The number of aliphatic hydroxyl groups is 2. The van der Waals surface area contributed by atoms with Gasteiger partial charge in [-0.15, -0.1) is 0 Å². The summed E-state index contributed by atoms with van der Waals surface area (Å²) in [7, 11) is 0. The van der Waals surface area contributed by atoms with Crippen molar-refractivity contribution in [2.75, 3.05) is 13.2 Å². The van der Waals surface area contributed by atoms with Gasteiger partial charge >= 0.3 is 0 Å². The number of aromatic nitrogens is 1. The Morgan fingerprint density at radius 1 is 1.36 bits per heavy atom. The third kappa shape index (κ3) is 4.04. The Kier molecular flexibility index (Phi) is 5.43. The summed E-state index contributed by atoms with van der Waals surface area (Å²) in [5, 5.41) is 25.0. The van der Waals surface area contributed by atoms with Crippen molar-refractivity contribution in [2.24, 2.45) is 0 Å². The van der Waals surface area contributed by atoms with Gasteiger partial charge in [0.1, 0.15) is 0 Å². The maximum atomic E-state index is 12.3. The Labute approximate surface area is 146 Å². The number of hydrogen-bond donors (Lipinski definition) is 4. The third-order valence-electron chi connectivity index (χ3n) is 4.57. The molecule has 6 nitrogen and oxygen atoms in total.